The van der Waals surface area contributed by atoms with E-state index in [1.165, 1.54) is 0 Å². The van der Waals surface area contributed by atoms with E-state index in [1.807, 2.05) is 71.8 Å². The number of rotatable bonds is 5. The number of hydrogen-bond donors (Lipinski definition) is 1. The van der Waals surface area contributed by atoms with Crippen LogP contribution in [0, 0.1) is 12.8 Å². The number of likely N-dealkylation sites (tertiary alicyclic amines) is 1. The molecule has 30 heavy (non-hydrogen) atoms. The first-order valence-corrected chi connectivity index (χ1v) is 10.6. The largest absolute Gasteiger partial charge is 0.350 e. The number of fused-ring (bicyclic) bond motifs is 1. The molecule has 0 aliphatic carbocycles. The van der Waals surface area contributed by atoms with Gasteiger partial charge in [-0.25, -0.2) is 4.98 Å². The highest BCUT2D eigenvalue weighted by molar-refractivity contribution is 5.93. The maximum absolute atomic E-state index is 12.9. The van der Waals surface area contributed by atoms with Gasteiger partial charge in [-0.2, -0.15) is 0 Å². The Hall–Kier alpha value is -3.15. The lowest BCUT2D eigenvalue weighted by molar-refractivity contribution is -0.122. The molecule has 1 aliphatic rings. The fraction of sp³-hybridized carbons (Fsp3) is 0.375. The molecule has 1 N–H and O–H groups in total. The van der Waals surface area contributed by atoms with Crippen LogP contribution in [0.1, 0.15) is 53.8 Å². The van der Waals surface area contributed by atoms with E-state index in [0.717, 1.165) is 29.6 Å². The van der Waals surface area contributed by atoms with Crippen molar-refractivity contribution in [3.05, 3.63) is 71.7 Å². The van der Waals surface area contributed by atoms with Crippen molar-refractivity contribution in [1.29, 1.82) is 0 Å². The van der Waals surface area contributed by atoms with E-state index < -0.39 is 0 Å². The quantitative estimate of drug-likeness (QED) is 0.704. The summed E-state index contributed by atoms with van der Waals surface area (Å²) in [5.41, 5.74) is 3.46. The van der Waals surface area contributed by atoms with Gasteiger partial charge in [0.25, 0.3) is 5.91 Å². The Bertz CT molecular complexity index is 1040. The van der Waals surface area contributed by atoms with Crippen molar-refractivity contribution in [2.75, 3.05) is 13.1 Å². The highest BCUT2D eigenvalue weighted by atomic mass is 16.2. The van der Waals surface area contributed by atoms with Gasteiger partial charge >= 0.3 is 0 Å². The monoisotopic (exact) mass is 404 g/mol. The van der Waals surface area contributed by atoms with E-state index in [0.29, 0.717) is 31.1 Å². The molecule has 156 valence electrons. The third kappa shape index (κ3) is 4.37. The number of aromatic nitrogens is 2. The van der Waals surface area contributed by atoms with E-state index in [2.05, 4.69) is 10.3 Å². The van der Waals surface area contributed by atoms with Crippen molar-refractivity contribution < 1.29 is 9.59 Å². The van der Waals surface area contributed by atoms with Crippen LogP contribution in [0.3, 0.4) is 0 Å². The van der Waals surface area contributed by atoms with E-state index in [1.54, 1.807) is 6.20 Å². The second-order valence-electron chi connectivity index (χ2n) is 8.19. The Morgan fingerprint density at radius 1 is 1.13 bits per heavy atom. The number of amides is 2. The normalized spacial score (nSPS) is 15.9. The zero-order valence-corrected chi connectivity index (χ0v) is 17.5. The molecular formula is C24H28N4O2. The lowest BCUT2D eigenvalue weighted by Crippen LogP contribution is -2.40. The lowest BCUT2D eigenvalue weighted by atomic mass is 9.93. The van der Waals surface area contributed by atoms with Gasteiger partial charge in [-0.1, -0.05) is 36.4 Å². The summed E-state index contributed by atoms with van der Waals surface area (Å²) in [6.45, 7) is 5.33. The minimum atomic E-state index is -0.0290. The Kier molecular flexibility index (Phi) is 5.84. The third-order valence-electron chi connectivity index (χ3n) is 5.95. The minimum absolute atomic E-state index is 0.00105. The molecule has 1 aliphatic heterocycles. The molecule has 3 aromatic rings. The van der Waals surface area contributed by atoms with Gasteiger partial charge in [-0.3, -0.25) is 9.59 Å². The predicted molar refractivity (Wildman–Crippen MR) is 116 cm³/mol. The van der Waals surface area contributed by atoms with E-state index in [4.69, 9.17) is 0 Å². The van der Waals surface area contributed by atoms with Crippen molar-refractivity contribution in [3.63, 3.8) is 0 Å². The maximum atomic E-state index is 12.9. The van der Waals surface area contributed by atoms with Crippen molar-refractivity contribution in [2.24, 2.45) is 5.92 Å². The molecule has 6 heteroatoms. The molecule has 0 spiro atoms. The summed E-state index contributed by atoms with van der Waals surface area (Å²) in [7, 11) is 0. The zero-order chi connectivity index (χ0) is 21.1. The first-order chi connectivity index (χ1) is 14.5. The summed E-state index contributed by atoms with van der Waals surface area (Å²) < 4.78 is 1.90. The molecule has 4 rings (SSSR count). The molecular weight excluding hydrogens is 376 g/mol. The number of pyridine rings is 1. The van der Waals surface area contributed by atoms with Crippen molar-refractivity contribution in [1.82, 2.24) is 19.6 Å². The molecule has 3 heterocycles. The summed E-state index contributed by atoms with van der Waals surface area (Å²) >= 11 is 0. The van der Waals surface area contributed by atoms with E-state index in [-0.39, 0.29) is 17.9 Å². The average Bonchev–Trinajstić information content (AvgIpc) is 3.20. The molecule has 2 aromatic heterocycles. The van der Waals surface area contributed by atoms with Crippen LogP contribution in [0.5, 0.6) is 0 Å². The number of nitrogens with one attached hydrogen (secondary N) is 1. The molecule has 0 bridgehead atoms. The Balaban J connectivity index is 1.29. The fourth-order valence-corrected chi connectivity index (χ4v) is 4.15. The first kappa shape index (κ1) is 20.1. The number of hydrogen-bond acceptors (Lipinski definition) is 3. The number of benzene rings is 1. The SMILES string of the molecule is Cc1cccn2cc(C(=O)N3CCC(CC(=O)N[C@@H](C)c4ccccc4)CC3)nc12. The Morgan fingerprint density at radius 3 is 2.57 bits per heavy atom. The van der Waals surface area contributed by atoms with Gasteiger partial charge in [0, 0.05) is 31.9 Å². The van der Waals surface area contributed by atoms with Gasteiger partial charge in [0.05, 0.1) is 6.04 Å². The van der Waals surface area contributed by atoms with Crippen LogP contribution in [0.4, 0.5) is 0 Å². The highest BCUT2D eigenvalue weighted by Crippen LogP contribution is 2.23. The number of piperidine rings is 1. The highest BCUT2D eigenvalue weighted by Gasteiger charge is 2.26. The molecule has 6 nitrogen and oxygen atoms in total. The van der Waals surface area contributed by atoms with Gasteiger partial charge in [0.15, 0.2) is 0 Å². The van der Waals surface area contributed by atoms with Crippen LogP contribution in [-0.2, 0) is 4.79 Å². The molecule has 0 saturated carbocycles. The lowest BCUT2D eigenvalue weighted by Gasteiger charge is -2.31. The van der Waals surface area contributed by atoms with Crippen LogP contribution < -0.4 is 5.32 Å². The number of nitrogens with zero attached hydrogens (tertiary/aromatic N) is 3. The fourth-order valence-electron chi connectivity index (χ4n) is 4.15. The first-order valence-electron chi connectivity index (χ1n) is 10.6. The summed E-state index contributed by atoms with van der Waals surface area (Å²) in [6.07, 6.45) is 5.89. The van der Waals surface area contributed by atoms with Crippen LogP contribution in [0.15, 0.2) is 54.9 Å². The number of carbonyl (C=O) groups excluding carboxylic acids is 2. The Morgan fingerprint density at radius 2 is 1.87 bits per heavy atom. The van der Waals surface area contributed by atoms with Crippen molar-refractivity contribution in [3.8, 4) is 0 Å². The second kappa shape index (κ2) is 8.69. The molecule has 1 aromatic carbocycles. The van der Waals surface area contributed by atoms with Gasteiger partial charge in [0.1, 0.15) is 11.3 Å². The van der Waals surface area contributed by atoms with E-state index >= 15 is 0 Å². The summed E-state index contributed by atoms with van der Waals surface area (Å²) in [5, 5.41) is 3.09. The standard InChI is InChI=1S/C24H28N4O2/c1-17-7-6-12-28-16-21(26-23(17)28)24(30)27-13-10-19(11-14-27)15-22(29)25-18(2)20-8-4-3-5-9-20/h3-9,12,16,18-19H,10-11,13-15H2,1-2H3,(H,25,29)/t18-/m0/s1. The molecule has 1 saturated heterocycles. The molecule has 2 amide bonds. The zero-order valence-electron chi connectivity index (χ0n) is 17.5. The Labute approximate surface area is 176 Å². The van der Waals surface area contributed by atoms with Gasteiger partial charge in [-0.05, 0) is 49.8 Å². The van der Waals surface area contributed by atoms with Crippen LogP contribution in [-0.4, -0.2) is 39.2 Å². The van der Waals surface area contributed by atoms with E-state index in [9.17, 15) is 9.59 Å². The number of carbonyl (C=O) groups is 2. The van der Waals surface area contributed by atoms with Crippen LogP contribution in [0.2, 0.25) is 0 Å². The summed E-state index contributed by atoms with van der Waals surface area (Å²) in [6, 6.07) is 13.9. The number of imidazole rings is 1. The smallest absolute Gasteiger partial charge is 0.274 e. The molecule has 1 fully saturated rings. The maximum Gasteiger partial charge on any atom is 0.274 e. The average molecular weight is 405 g/mol. The third-order valence-corrected chi connectivity index (χ3v) is 5.95. The van der Waals surface area contributed by atoms with Crippen LogP contribution >= 0.6 is 0 Å². The van der Waals surface area contributed by atoms with Crippen LogP contribution in [0.25, 0.3) is 5.65 Å². The van der Waals surface area contributed by atoms with Gasteiger partial charge in [0.2, 0.25) is 5.91 Å². The molecule has 0 unspecified atom stereocenters. The summed E-state index contributed by atoms with van der Waals surface area (Å²) in [5.74, 6) is 0.353. The predicted octanol–water partition coefficient (Wildman–Crippen LogP) is 3.76. The molecule has 0 radical (unpaired) electrons. The minimum Gasteiger partial charge on any atom is -0.350 e. The van der Waals surface area contributed by atoms with Gasteiger partial charge < -0.3 is 14.6 Å². The van der Waals surface area contributed by atoms with Gasteiger partial charge in [-0.15, -0.1) is 0 Å². The van der Waals surface area contributed by atoms with Crippen molar-refractivity contribution >= 4 is 17.5 Å². The van der Waals surface area contributed by atoms with Crippen molar-refractivity contribution in [2.45, 2.75) is 39.2 Å². The molecule has 1 atom stereocenters. The summed E-state index contributed by atoms with van der Waals surface area (Å²) in [4.78, 5) is 31.7. The topological polar surface area (TPSA) is 66.7 Å². The second-order valence-corrected chi connectivity index (χ2v) is 8.19. The number of aryl methyl sites for hydroxylation is 1.